The van der Waals surface area contributed by atoms with Crippen LogP contribution in [0.2, 0.25) is 0 Å². The second-order valence-electron chi connectivity index (χ2n) is 5.00. The molecule has 2 heterocycles. The first kappa shape index (κ1) is 10.9. The van der Waals surface area contributed by atoms with E-state index in [1.807, 2.05) is 6.20 Å². The maximum Gasteiger partial charge on any atom is 0.185 e. The molecule has 0 bridgehead atoms. The number of anilines is 1. The van der Waals surface area contributed by atoms with Crippen molar-refractivity contribution < 1.29 is 0 Å². The van der Waals surface area contributed by atoms with Crippen molar-refractivity contribution in [3.63, 3.8) is 0 Å². The number of nitrogens with two attached hydrogens (primary N) is 1. The smallest absolute Gasteiger partial charge is 0.185 e. The lowest BCUT2D eigenvalue weighted by Crippen LogP contribution is -2.39. The van der Waals surface area contributed by atoms with E-state index in [4.69, 9.17) is 5.73 Å². The Hall–Kier alpha value is -0.610. The number of piperidine rings is 1. The zero-order valence-corrected chi connectivity index (χ0v) is 10.3. The molecule has 84 valence electrons. The number of thiazole rings is 1. The molecule has 1 fully saturated rings. The summed E-state index contributed by atoms with van der Waals surface area (Å²) in [6, 6.07) is 0. The fraction of sp³-hybridized carbons (Fsp3) is 0.727. The molecule has 0 unspecified atom stereocenters. The molecule has 1 aromatic rings. The van der Waals surface area contributed by atoms with Crippen molar-refractivity contribution in [3.8, 4) is 0 Å². The zero-order chi connectivity index (χ0) is 10.9. The fourth-order valence-corrected chi connectivity index (χ4v) is 2.94. The standard InChI is InChI=1S/C11H19N3S/c1-11(2)4-3-5-14(8-11)10-13-7-9(6-12)15-10/h7H,3-6,8,12H2,1-2H3. The van der Waals surface area contributed by atoms with E-state index in [1.165, 1.54) is 17.7 Å². The Morgan fingerprint density at radius 3 is 3.00 bits per heavy atom. The van der Waals surface area contributed by atoms with Gasteiger partial charge in [0, 0.05) is 30.7 Å². The summed E-state index contributed by atoms with van der Waals surface area (Å²) >= 11 is 1.73. The first-order valence-corrected chi connectivity index (χ1v) is 6.32. The maximum absolute atomic E-state index is 5.60. The Morgan fingerprint density at radius 2 is 2.40 bits per heavy atom. The van der Waals surface area contributed by atoms with Crippen molar-refractivity contribution in [2.24, 2.45) is 11.1 Å². The average Bonchev–Trinajstić information content (AvgIpc) is 2.64. The van der Waals surface area contributed by atoms with Gasteiger partial charge in [0.25, 0.3) is 0 Å². The Labute approximate surface area is 95.3 Å². The number of aromatic nitrogens is 1. The summed E-state index contributed by atoms with van der Waals surface area (Å²) in [5.41, 5.74) is 6.02. The van der Waals surface area contributed by atoms with E-state index in [0.717, 1.165) is 18.2 Å². The van der Waals surface area contributed by atoms with E-state index in [2.05, 4.69) is 23.7 Å². The monoisotopic (exact) mass is 225 g/mol. The minimum Gasteiger partial charge on any atom is -0.348 e. The highest BCUT2D eigenvalue weighted by molar-refractivity contribution is 7.15. The normalized spacial score (nSPS) is 20.6. The molecule has 0 radical (unpaired) electrons. The Kier molecular flexibility index (Phi) is 2.98. The van der Waals surface area contributed by atoms with Gasteiger partial charge in [0.15, 0.2) is 5.13 Å². The number of hydrogen-bond donors (Lipinski definition) is 1. The second-order valence-corrected chi connectivity index (χ2v) is 6.10. The fourth-order valence-electron chi connectivity index (χ4n) is 2.12. The predicted molar refractivity (Wildman–Crippen MR) is 65.2 cm³/mol. The van der Waals surface area contributed by atoms with Crippen molar-refractivity contribution in [1.29, 1.82) is 0 Å². The van der Waals surface area contributed by atoms with Gasteiger partial charge in [-0.1, -0.05) is 13.8 Å². The molecule has 1 aliphatic heterocycles. The van der Waals surface area contributed by atoms with Gasteiger partial charge in [-0.2, -0.15) is 0 Å². The van der Waals surface area contributed by atoms with Crippen LogP contribution in [-0.2, 0) is 6.54 Å². The summed E-state index contributed by atoms with van der Waals surface area (Å²) in [6.45, 7) is 7.52. The highest BCUT2D eigenvalue weighted by atomic mass is 32.1. The van der Waals surface area contributed by atoms with Crippen LogP contribution in [0.1, 0.15) is 31.6 Å². The van der Waals surface area contributed by atoms with Crippen LogP contribution >= 0.6 is 11.3 Å². The van der Waals surface area contributed by atoms with Gasteiger partial charge in [-0.3, -0.25) is 0 Å². The molecule has 4 heteroatoms. The molecule has 1 aliphatic rings. The molecule has 1 aromatic heterocycles. The number of rotatable bonds is 2. The summed E-state index contributed by atoms with van der Waals surface area (Å²) in [5.74, 6) is 0. The lowest BCUT2D eigenvalue weighted by molar-refractivity contribution is 0.293. The van der Waals surface area contributed by atoms with Crippen molar-refractivity contribution in [2.45, 2.75) is 33.2 Å². The molecule has 3 nitrogen and oxygen atoms in total. The summed E-state index contributed by atoms with van der Waals surface area (Å²) in [6.07, 6.45) is 4.49. The van der Waals surface area contributed by atoms with Crippen LogP contribution < -0.4 is 10.6 Å². The average molecular weight is 225 g/mol. The highest BCUT2D eigenvalue weighted by Crippen LogP contribution is 2.33. The van der Waals surface area contributed by atoms with Gasteiger partial charge in [-0.15, -0.1) is 11.3 Å². The SMILES string of the molecule is CC1(C)CCCN(c2ncc(CN)s2)C1. The second kappa shape index (κ2) is 4.10. The minimum absolute atomic E-state index is 0.423. The summed E-state index contributed by atoms with van der Waals surface area (Å²) in [7, 11) is 0. The van der Waals surface area contributed by atoms with E-state index in [-0.39, 0.29) is 0 Å². The summed E-state index contributed by atoms with van der Waals surface area (Å²) in [5, 5.41) is 1.14. The quantitative estimate of drug-likeness (QED) is 0.839. The molecule has 0 spiro atoms. The van der Waals surface area contributed by atoms with Crippen LogP contribution in [0, 0.1) is 5.41 Å². The third-order valence-corrected chi connectivity index (χ3v) is 3.99. The van der Waals surface area contributed by atoms with Crippen molar-refractivity contribution in [1.82, 2.24) is 4.98 Å². The van der Waals surface area contributed by atoms with Crippen LogP contribution in [0.3, 0.4) is 0 Å². The molecule has 2 N–H and O–H groups in total. The van der Waals surface area contributed by atoms with Crippen LogP contribution in [0.4, 0.5) is 5.13 Å². The summed E-state index contributed by atoms with van der Waals surface area (Å²) < 4.78 is 0. The van der Waals surface area contributed by atoms with Gasteiger partial charge in [0.1, 0.15) is 0 Å². The van der Waals surface area contributed by atoms with Gasteiger partial charge in [-0.25, -0.2) is 4.98 Å². The lowest BCUT2D eigenvalue weighted by atomic mass is 9.84. The van der Waals surface area contributed by atoms with E-state index < -0.39 is 0 Å². The van der Waals surface area contributed by atoms with Crippen LogP contribution in [-0.4, -0.2) is 18.1 Å². The molecule has 0 aliphatic carbocycles. The van der Waals surface area contributed by atoms with E-state index in [9.17, 15) is 0 Å². The lowest BCUT2D eigenvalue weighted by Gasteiger charge is -2.37. The van der Waals surface area contributed by atoms with E-state index in [0.29, 0.717) is 12.0 Å². The molecule has 2 rings (SSSR count). The first-order chi connectivity index (χ1) is 7.11. The zero-order valence-electron chi connectivity index (χ0n) is 9.49. The third kappa shape index (κ3) is 2.49. The predicted octanol–water partition coefficient (Wildman–Crippen LogP) is 2.23. The van der Waals surface area contributed by atoms with E-state index in [1.54, 1.807) is 11.3 Å². The third-order valence-electron chi connectivity index (χ3n) is 2.91. The van der Waals surface area contributed by atoms with Gasteiger partial charge in [0.2, 0.25) is 0 Å². The van der Waals surface area contributed by atoms with Crippen LogP contribution in [0.25, 0.3) is 0 Å². The molecule has 0 atom stereocenters. The molecule has 15 heavy (non-hydrogen) atoms. The molecule has 1 saturated heterocycles. The number of nitrogens with zero attached hydrogens (tertiary/aromatic N) is 2. The van der Waals surface area contributed by atoms with Crippen molar-refractivity contribution >= 4 is 16.5 Å². The van der Waals surface area contributed by atoms with Crippen molar-refractivity contribution in [3.05, 3.63) is 11.1 Å². The Morgan fingerprint density at radius 1 is 1.60 bits per heavy atom. The largest absolute Gasteiger partial charge is 0.348 e. The van der Waals surface area contributed by atoms with Gasteiger partial charge < -0.3 is 10.6 Å². The number of hydrogen-bond acceptors (Lipinski definition) is 4. The van der Waals surface area contributed by atoms with Gasteiger partial charge in [0.05, 0.1) is 0 Å². The minimum atomic E-state index is 0.423. The first-order valence-electron chi connectivity index (χ1n) is 5.50. The Bertz CT molecular complexity index is 332. The molecule has 0 saturated carbocycles. The molecular formula is C11H19N3S. The Balaban J connectivity index is 2.10. The maximum atomic E-state index is 5.60. The topological polar surface area (TPSA) is 42.2 Å². The van der Waals surface area contributed by atoms with E-state index >= 15 is 0 Å². The summed E-state index contributed by atoms with van der Waals surface area (Å²) in [4.78, 5) is 8.01. The van der Waals surface area contributed by atoms with Crippen LogP contribution in [0.15, 0.2) is 6.20 Å². The highest BCUT2D eigenvalue weighted by Gasteiger charge is 2.27. The molecular weight excluding hydrogens is 206 g/mol. The molecule has 0 amide bonds. The van der Waals surface area contributed by atoms with Crippen LogP contribution in [0.5, 0.6) is 0 Å². The molecule has 0 aromatic carbocycles. The van der Waals surface area contributed by atoms with Gasteiger partial charge >= 0.3 is 0 Å². The van der Waals surface area contributed by atoms with Gasteiger partial charge in [-0.05, 0) is 18.3 Å². The van der Waals surface area contributed by atoms with Crippen molar-refractivity contribution in [2.75, 3.05) is 18.0 Å².